The van der Waals surface area contributed by atoms with Crippen LogP contribution in [0.4, 0.5) is 0 Å². The summed E-state index contributed by atoms with van der Waals surface area (Å²) in [6.07, 6.45) is 1.01. The van der Waals surface area contributed by atoms with Crippen LogP contribution in [-0.2, 0) is 0 Å². The maximum atomic E-state index is 9.58. The molecule has 0 radical (unpaired) electrons. The second-order valence-corrected chi connectivity index (χ2v) is 6.00. The lowest BCUT2D eigenvalue weighted by Crippen LogP contribution is -2.26. The molecule has 1 fully saturated rings. The van der Waals surface area contributed by atoms with E-state index in [0.29, 0.717) is 16.0 Å². The molecule has 1 aromatic carbocycles. The van der Waals surface area contributed by atoms with E-state index in [4.69, 9.17) is 23.2 Å². The first kappa shape index (κ1) is 13.2. The van der Waals surface area contributed by atoms with Crippen molar-refractivity contribution in [3.8, 4) is 0 Å². The molecule has 1 aliphatic rings. The zero-order valence-corrected chi connectivity index (χ0v) is 11.6. The van der Waals surface area contributed by atoms with Crippen molar-refractivity contribution in [2.24, 2.45) is 5.41 Å². The van der Waals surface area contributed by atoms with Crippen molar-refractivity contribution in [2.45, 2.75) is 12.3 Å². The minimum Gasteiger partial charge on any atom is -0.396 e. The molecule has 0 heterocycles. The van der Waals surface area contributed by atoms with E-state index >= 15 is 0 Å². The summed E-state index contributed by atoms with van der Waals surface area (Å²) in [4.78, 5) is 2.12. The van der Waals surface area contributed by atoms with Gasteiger partial charge in [-0.3, -0.25) is 0 Å². The Labute approximate surface area is 112 Å². The van der Waals surface area contributed by atoms with E-state index in [1.54, 1.807) is 0 Å². The highest BCUT2D eigenvalue weighted by molar-refractivity contribution is 6.42. The lowest BCUT2D eigenvalue weighted by atomic mass is 9.99. The quantitative estimate of drug-likeness (QED) is 0.912. The topological polar surface area (TPSA) is 23.5 Å². The summed E-state index contributed by atoms with van der Waals surface area (Å²) in [6.45, 7) is 1.12. The Morgan fingerprint density at radius 3 is 2.59 bits per heavy atom. The van der Waals surface area contributed by atoms with Gasteiger partial charge < -0.3 is 10.0 Å². The average molecular weight is 274 g/mol. The molecule has 1 aromatic rings. The van der Waals surface area contributed by atoms with Crippen LogP contribution in [-0.4, -0.2) is 37.3 Å². The van der Waals surface area contributed by atoms with Crippen molar-refractivity contribution >= 4 is 23.2 Å². The summed E-state index contributed by atoms with van der Waals surface area (Å²) in [6, 6.07) is 5.75. The van der Waals surface area contributed by atoms with Crippen molar-refractivity contribution in [1.82, 2.24) is 4.90 Å². The van der Waals surface area contributed by atoms with Gasteiger partial charge in [0, 0.05) is 12.0 Å². The van der Waals surface area contributed by atoms with Crippen LogP contribution in [0, 0.1) is 5.41 Å². The summed E-state index contributed by atoms with van der Waals surface area (Å²) in [5.41, 5.74) is 1.18. The molecule has 2 nitrogen and oxygen atoms in total. The Bertz CT molecular complexity index is 422. The van der Waals surface area contributed by atoms with Gasteiger partial charge in [-0.25, -0.2) is 0 Å². The van der Waals surface area contributed by atoms with Crippen molar-refractivity contribution < 1.29 is 5.11 Å². The van der Waals surface area contributed by atoms with Gasteiger partial charge in [0.1, 0.15) is 0 Å². The number of nitrogens with zero attached hydrogens (tertiary/aromatic N) is 1. The van der Waals surface area contributed by atoms with Gasteiger partial charge in [0.05, 0.1) is 16.7 Å². The number of hydrogen-bond donors (Lipinski definition) is 1. The summed E-state index contributed by atoms with van der Waals surface area (Å²) < 4.78 is 0. The Morgan fingerprint density at radius 1 is 1.35 bits per heavy atom. The van der Waals surface area contributed by atoms with E-state index in [9.17, 15) is 5.11 Å². The van der Waals surface area contributed by atoms with Gasteiger partial charge in [-0.05, 0) is 44.1 Å². The van der Waals surface area contributed by atoms with Crippen LogP contribution in [0.5, 0.6) is 0 Å². The summed E-state index contributed by atoms with van der Waals surface area (Å²) >= 11 is 11.9. The molecule has 2 rings (SSSR count). The highest BCUT2D eigenvalue weighted by Gasteiger charge is 2.54. The average Bonchev–Trinajstić information content (AvgIpc) is 2.96. The van der Waals surface area contributed by atoms with Crippen LogP contribution in [0.2, 0.25) is 10.0 Å². The van der Waals surface area contributed by atoms with Crippen molar-refractivity contribution in [1.29, 1.82) is 0 Å². The molecule has 0 aromatic heterocycles. The predicted octanol–water partition coefficient (Wildman–Crippen LogP) is 3.02. The molecule has 0 spiro atoms. The molecule has 17 heavy (non-hydrogen) atoms. The maximum absolute atomic E-state index is 9.58. The Balaban J connectivity index is 2.17. The molecule has 94 valence electrons. The van der Waals surface area contributed by atoms with Gasteiger partial charge in [-0.1, -0.05) is 29.3 Å². The van der Waals surface area contributed by atoms with E-state index in [1.165, 1.54) is 5.56 Å². The zero-order valence-electron chi connectivity index (χ0n) is 10.1. The Morgan fingerprint density at radius 2 is 2.06 bits per heavy atom. The van der Waals surface area contributed by atoms with E-state index in [1.807, 2.05) is 32.3 Å². The number of aliphatic hydroxyl groups is 1. The van der Waals surface area contributed by atoms with Crippen LogP contribution >= 0.6 is 23.2 Å². The van der Waals surface area contributed by atoms with Crippen LogP contribution in [0.15, 0.2) is 18.2 Å². The van der Waals surface area contributed by atoms with E-state index in [-0.39, 0.29) is 12.0 Å². The molecule has 4 heteroatoms. The fourth-order valence-corrected chi connectivity index (χ4v) is 2.88. The predicted molar refractivity (Wildman–Crippen MR) is 71.9 cm³/mol. The van der Waals surface area contributed by atoms with Gasteiger partial charge in [0.15, 0.2) is 0 Å². The zero-order chi connectivity index (χ0) is 12.6. The fraction of sp³-hybridized carbons (Fsp3) is 0.538. The lowest BCUT2D eigenvalue weighted by Gasteiger charge is -2.19. The SMILES string of the molecule is CN(C)C[C@@]1(CO)CC1c1ccc(Cl)c(Cl)c1. The highest BCUT2D eigenvalue weighted by Crippen LogP contribution is 2.59. The third kappa shape index (κ3) is 2.60. The van der Waals surface area contributed by atoms with Crippen molar-refractivity contribution in [3.05, 3.63) is 33.8 Å². The van der Waals surface area contributed by atoms with Gasteiger partial charge in [-0.2, -0.15) is 0 Å². The minimum absolute atomic E-state index is 0.000653. The van der Waals surface area contributed by atoms with E-state index in [0.717, 1.165) is 13.0 Å². The number of halogens is 2. The molecular formula is C13H17Cl2NO. The van der Waals surface area contributed by atoms with Gasteiger partial charge in [0.2, 0.25) is 0 Å². The smallest absolute Gasteiger partial charge is 0.0595 e. The normalized spacial score (nSPS) is 27.5. The molecular weight excluding hydrogens is 257 g/mol. The summed E-state index contributed by atoms with van der Waals surface area (Å²) in [5, 5.41) is 10.7. The molecule has 1 N–H and O–H groups in total. The first-order chi connectivity index (χ1) is 7.98. The number of rotatable bonds is 4. The summed E-state index contributed by atoms with van der Waals surface area (Å²) in [5.74, 6) is 0.393. The molecule has 1 aliphatic carbocycles. The maximum Gasteiger partial charge on any atom is 0.0595 e. The fourth-order valence-electron chi connectivity index (χ4n) is 2.58. The lowest BCUT2D eigenvalue weighted by molar-refractivity contribution is 0.171. The Kier molecular flexibility index (Phi) is 3.69. The van der Waals surface area contributed by atoms with Gasteiger partial charge in [-0.15, -0.1) is 0 Å². The molecule has 0 amide bonds. The molecule has 0 saturated heterocycles. The van der Waals surface area contributed by atoms with E-state index < -0.39 is 0 Å². The second kappa shape index (κ2) is 4.77. The van der Waals surface area contributed by atoms with Crippen LogP contribution < -0.4 is 0 Å². The Hall–Kier alpha value is -0.280. The number of benzene rings is 1. The molecule has 0 aliphatic heterocycles. The van der Waals surface area contributed by atoms with Gasteiger partial charge in [0.25, 0.3) is 0 Å². The number of aliphatic hydroxyl groups excluding tert-OH is 1. The standard InChI is InChI=1S/C13H17Cl2NO/c1-16(2)7-13(8-17)6-10(13)9-3-4-11(14)12(15)5-9/h3-5,10,17H,6-8H2,1-2H3/t10?,13-/m1/s1. The van der Waals surface area contributed by atoms with Crippen molar-refractivity contribution in [3.63, 3.8) is 0 Å². The van der Waals surface area contributed by atoms with Gasteiger partial charge >= 0.3 is 0 Å². The van der Waals surface area contributed by atoms with Crippen LogP contribution in [0.25, 0.3) is 0 Å². The molecule has 1 unspecified atom stereocenters. The van der Waals surface area contributed by atoms with Crippen molar-refractivity contribution in [2.75, 3.05) is 27.2 Å². The minimum atomic E-state index is 0.000653. The second-order valence-electron chi connectivity index (χ2n) is 5.19. The number of hydrogen-bond acceptors (Lipinski definition) is 2. The summed E-state index contributed by atoms with van der Waals surface area (Å²) in [7, 11) is 4.06. The third-order valence-electron chi connectivity index (χ3n) is 3.48. The van der Waals surface area contributed by atoms with Crippen LogP contribution in [0.3, 0.4) is 0 Å². The first-order valence-electron chi connectivity index (χ1n) is 5.69. The first-order valence-corrected chi connectivity index (χ1v) is 6.45. The highest BCUT2D eigenvalue weighted by atomic mass is 35.5. The monoisotopic (exact) mass is 273 g/mol. The molecule has 0 bridgehead atoms. The van der Waals surface area contributed by atoms with Crippen LogP contribution in [0.1, 0.15) is 17.9 Å². The molecule has 1 saturated carbocycles. The van der Waals surface area contributed by atoms with E-state index in [2.05, 4.69) is 4.90 Å². The largest absolute Gasteiger partial charge is 0.396 e. The molecule has 2 atom stereocenters. The third-order valence-corrected chi connectivity index (χ3v) is 4.22.